The third-order valence-electron chi connectivity index (χ3n) is 6.76. The van der Waals surface area contributed by atoms with Gasteiger partial charge in [0.15, 0.2) is 11.5 Å². The first kappa shape index (κ1) is 21.3. The monoisotopic (exact) mass is 448 g/mol. The molecular weight excluding hydrogens is 420 g/mol. The third-order valence-corrected chi connectivity index (χ3v) is 6.76. The first-order valence-electron chi connectivity index (χ1n) is 11.5. The molecule has 2 aliphatic rings. The van der Waals surface area contributed by atoms with Crippen LogP contribution >= 0.6 is 0 Å². The van der Waals surface area contributed by atoms with Gasteiger partial charge in [-0.05, 0) is 66.8 Å². The zero-order chi connectivity index (χ0) is 22.8. The standard InChI is InChI=1S/C23H28N8O2/c1-16-4-2-3-5-19(16)22(32)24-18-10-14-30(15-11-18)23(33)17-8-12-29(13-9-17)21-7-6-20-25-27-28-31(20)26-21/h2-7,17-18H,8-15H2,1H3,(H,24,32). The Morgan fingerprint density at radius 2 is 1.73 bits per heavy atom. The fraction of sp³-hybridized carbons (Fsp3) is 0.478. The minimum atomic E-state index is -0.0290. The van der Waals surface area contributed by atoms with Crippen molar-refractivity contribution < 1.29 is 9.59 Å². The minimum absolute atomic E-state index is 0.0290. The van der Waals surface area contributed by atoms with E-state index >= 15 is 0 Å². The lowest BCUT2D eigenvalue weighted by molar-refractivity contribution is -0.137. The predicted octanol–water partition coefficient (Wildman–Crippen LogP) is 1.47. The van der Waals surface area contributed by atoms with Gasteiger partial charge in [0.1, 0.15) is 0 Å². The molecule has 4 heterocycles. The number of rotatable bonds is 4. The Bertz CT molecular complexity index is 1150. The second-order valence-electron chi connectivity index (χ2n) is 8.87. The summed E-state index contributed by atoms with van der Waals surface area (Å²) in [6.45, 7) is 4.88. The van der Waals surface area contributed by atoms with Crippen LogP contribution in [0.2, 0.25) is 0 Å². The minimum Gasteiger partial charge on any atom is -0.355 e. The number of carbonyl (C=O) groups excluding carboxylic acids is 2. The van der Waals surface area contributed by atoms with E-state index in [0.717, 1.165) is 55.7 Å². The molecular formula is C23H28N8O2. The number of amides is 2. The average molecular weight is 449 g/mol. The molecule has 5 rings (SSSR count). The number of aromatic nitrogens is 5. The zero-order valence-electron chi connectivity index (χ0n) is 18.7. The lowest BCUT2D eigenvalue weighted by Crippen LogP contribution is -2.49. The molecule has 0 aliphatic carbocycles. The number of anilines is 1. The zero-order valence-corrected chi connectivity index (χ0v) is 18.7. The molecule has 33 heavy (non-hydrogen) atoms. The van der Waals surface area contributed by atoms with Crippen molar-refractivity contribution >= 4 is 23.3 Å². The molecule has 2 fully saturated rings. The van der Waals surface area contributed by atoms with Crippen molar-refractivity contribution in [1.82, 2.24) is 35.5 Å². The molecule has 10 nitrogen and oxygen atoms in total. The van der Waals surface area contributed by atoms with Gasteiger partial charge in [0, 0.05) is 43.7 Å². The van der Waals surface area contributed by atoms with Crippen molar-refractivity contribution in [1.29, 1.82) is 0 Å². The Hall–Kier alpha value is -3.56. The maximum Gasteiger partial charge on any atom is 0.251 e. The highest BCUT2D eigenvalue weighted by atomic mass is 16.2. The van der Waals surface area contributed by atoms with Crippen molar-refractivity contribution in [3.05, 3.63) is 47.5 Å². The largest absolute Gasteiger partial charge is 0.355 e. The van der Waals surface area contributed by atoms with Gasteiger partial charge in [0.05, 0.1) is 0 Å². The Morgan fingerprint density at radius 1 is 0.970 bits per heavy atom. The molecule has 3 aromatic rings. The quantitative estimate of drug-likeness (QED) is 0.644. The smallest absolute Gasteiger partial charge is 0.251 e. The summed E-state index contributed by atoms with van der Waals surface area (Å²) in [5, 5.41) is 19.0. The molecule has 0 unspecified atom stereocenters. The number of nitrogens with zero attached hydrogens (tertiary/aromatic N) is 7. The van der Waals surface area contributed by atoms with Gasteiger partial charge in [-0.2, -0.15) is 0 Å². The molecule has 2 aromatic heterocycles. The molecule has 172 valence electrons. The van der Waals surface area contributed by atoms with Gasteiger partial charge in [-0.1, -0.05) is 18.2 Å². The van der Waals surface area contributed by atoms with Gasteiger partial charge in [0.2, 0.25) is 5.91 Å². The maximum atomic E-state index is 13.1. The van der Waals surface area contributed by atoms with Crippen LogP contribution in [0.25, 0.3) is 5.65 Å². The van der Waals surface area contributed by atoms with Crippen molar-refractivity contribution in [2.45, 2.75) is 38.6 Å². The average Bonchev–Trinajstić information content (AvgIpc) is 3.32. The number of tetrazole rings is 1. The number of aryl methyl sites for hydroxylation is 1. The van der Waals surface area contributed by atoms with E-state index in [4.69, 9.17) is 0 Å². The van der Waals surface area contributed by atoms with Crippen molar-refractivity contribution in [3.8, 4) is 0 Å². The summed E-state index contributed by atoms with van der Waals surface area (Å²) < 4.78 is 1.43. The lowest BCUT2D eigenvalue weighted by Gasteiger charge is -2.37. The summed E-state index contributed by atoms with van der Waals surface area (Å²) in [5.41, 5.74) is 2.31. The van der Waals surface area contributed by atoms with E-state index in [1.165, 1.54) is 4.63 Å². The summed E-state index contributed by atoms with van der Waals surface area (Å²) in [6, 6.07) is 11.5. The van der Waals surface area contributed by atoms with Crippen molar-refractivity contribution in [2.24, 2.45) is 5.92 Å². The third kappa shape index (κ3) is 4.50. The number of nitrogens with one attached hydrogen (secondary N) is 1. The molecule has 0 saturated carbocycles. The molecule has 0 atom stereocenters. The van der Waals surface area contributed by atoms with Crippen LogP contribution in [0.3, 0.4) is 0 Å². The van der Waals surface area contributed by atoms with Crippen molar-refractivity contribution in [2.75, 3.05) is 31.1 Å². The Balaban J connectivity index is 1.10. The van der Waals surface area contributed by atoms with Crippen LogP contribution in [0.5, 0.6) is 0 Å². The van der Waals surface area contributed by atoms with Crippen LogP contribution in [0.1, 0.15) is 41.6 Å². The van der Waals surface area contributed by atoms with Crippen LogP contribution in [0.15, 0.2) is 36.4 Å². The van der Waals surface area contributed by atoms with E-state index in [2.05, 4.69) is 30.8 Å². The lowest BCUT2D eigenvalue weighted by atomic mass is 9.93. The van der Waals surface area contributed by atoms with Gasteiger partial charge in [-0.25, -0.2) is 0 Å². The highest BCUT2D eigenvalue weighted by molar-refractivity contribution is 5.95. The number of hydrogen-bond donors (Lipinski definition) is 1. The summed E-state index contributed by atoms with van der Waals surface area (Å²) in [6.07, 6.45) is 3.19. The molecule has 2 saturated heterocycles. The van der Waals surface area contributed by atoms with Crippen LogP contribution in [-0.4, -0.2) is 74.2 Å². The number of hydrogen-bond acceptors (Lipinski definition) is 7. The van der Waals surface area contributed by atoms with Crippen molar-refractivity contribution in [3.63, 3.8) is 0 Å². The predicted molar refractivity (Wildman–Crippen MR) is 122 cm³/mol. The fourth-order valence-corrected chi connectivity index (χ4v) is 4.76. The van der Waals surface area contributed by atoms with Crippen LogP contribution < -0.4 is 10.2 Å². The van der Waals surface area contributed by atoms with Crippen LogP contribution in [0, 0.1) is 12.8 Å². The number of fused-ring (bicyclic) bond motifs is 1. The van der Waals surface area contributed by atoms with E-state index in [1.54, 1.807) is 0 Å². The summed E-state index contributed by atoms with van der Waals surface area (Å²) in [5.74, 6) is 1.07. The van der Waals surface area contributed by atoms with Gasteiger partial charge >= 0.3 is 0 Å². The van der Waals surface area contributed by atoms with Gasteiger partial charge in [-0.3, -0.25) is 9.59 Å². The molecule has 10 heteroatoms. The number of piperidine rings is 2. The molecule has 2 aliphatic heterocycles. The van der Waals surface area contributed by atoms with E-state index in [0.29, 0.717) is 18.7 Å². The van der Waals surface area contributed by atoms with Crippen LogP contribution in [-0.2, 0) is 4.79 Å². The summed E-state index contributed by atoms with van der Waals surface area (Å²) in [4.78, 5) is 29.8. The van der Waals surface area contributed by atoms with Gasteiger partial charge in [0.25, 0.3) is 5.91 Å². The number of benzene rings is 1. The van der Waals surface area contributed by atoms with E-state index in [9.17, 15) is 9.59 Å². The van der Waals surface area contributed by atoms with Gasteiger partial charge in [-0.15, -0.1) is 14.8 Å². The first-order valence-corrected chi connectivity index (χ1v) is 11.5. The molecule has 1 aromatic carbocycles. The van der Waals surface area contributed by atoms with Crippen LogP contribution in [0.4, 0.5) is 5.82 Å². The first-order chi connectivity index (χ1) is 16.1. The number of carbonyl (C=O) groups is 2. The summed E-state index contributed by atoms with van der Waals surface area (Å²) >= 11 is 0. The Labute approximate surface area is 191 Å². The highest BCUT2D eigenvalue weighted by Gasteiger charge is 2.31. The Kier molecular flexibility index (Phi) is 5.89. The fourth-order valence-electron chi connectivity index (χ4n) is 4.76. The molecule has 0 spiro atoms. The number of likely N-dealkylation sites (tertiary alicyclic amines) is 1. The Morgan fingerprint density at radius 3 is 2.48 bits per heavy atom. The second kappa shape index (κ2) is 9.13. The van der Waals surface area contributed by atoms with E-state index in [-0.39, 0.29) is 23.8 Å². The molecule has 2 amide bonds. The molecule has 1 N–H and O–H groups in total. The van der Waals surface area contributed by atoms with Gasteiger partial charge < -0.3 is 15.1 Å². The van der Waals surface area contributed by atoms with E-state index in [1.807, 2.05) is 48.2 Å². The topological polar surface area (TPSA) is 109 Å². The SMILES string of the molecule is Cc1ccccc1C(=O)NC1CCN(C(=O)C2CCN(c3ccc4nnnn4n3)CC2)CC1. The summed E-state index contributed by atoms with van der Waals surface area (Å²) in [7, 11) is 0. The molecule has 0 radical (unpaired) electrons. The molecule has 0 bridgehead atoms. The van der Waals surface area contributed by atoms with E-state index < -0.39 is 0 Å². The maximum absolute atomic E-state index is 13.1. The normalized spacial score (nSPS) is 18.0. The second-order valence-corrected chi connectivity index (χ2v) is 8.87. The highest BCUT2D eigenvalue weighted by Crippen LogP contribution is 2.25.